The molecule has 0 N–H and O–H groups in total. The summed E-state index contributed by atoms with van der Waals surface area (Å²) in [6.45, 7) is 6.85. The van der Waals surface area contributed by atoms with Crippen LogP contribution in [0.5, 0.6) is 0 Å². The lowest BCUT2D eigenvalue weighted by Crippen LogP contribution is -2.34. The molecule has 1 aliphatic rings. The summed E-state index contributed by atoms with van der Waals surface area (Å²) in [5.74, 6) is 0. The minimum absolute atomic E-state index is 0.551. The predicted octanol–water partition coefficient (Wildman–Crippen LogP) is 4.37. The fourth-order valence-corrected chi connectivity index (χ4v) is 3.07. The second kappa shape index (κ2) is 6.53. The Labute approximate surface area is 115 Å². The normalized spacial score (nSPS) is 21.2. The van der Waals surface area contributed by atoms with Crippen molar-refractivity contribution in [2.24, 2.45) is 0 Å². The van der Waals surface area contributed by atoms with Crippen molar-refractivity contribution in [1.29, 1.82) is 0 Å². The first-order chi connectivity index (χ1) is 8.72. The maximum atomic E-state index is 5.95. The van der Waals surface area contributed by atoms with Crippen LogP contribution in [0.4, 0.5) is 0 Å². The van der Waals surface area contributed by atoms with Gasteiger partial charge in [-0.3, -0.25) is 4.90 Å². The molecule has 1 saturated heterocycles. The Morgan fingerprint density at radius 2 is 2.28 bits per heavy atom. The summed E-state index contributed by atoms with van der Waals surface area (Å²) in [6.07, 6.45) is 8.45. The van der Waals surface area contributed by atoms with E-state index in [1.54, 1.807) is 0 Å². The average molecular weight is 267 g/mol. The fraction of sp³-hybridized carbons (Fsp3) is 0.667. The van der Waals surface area contributed by atoms with Crippen LogP contribution in [0.15, 0.2) is 12.3 Å². The SMILES string of the molecule is CCCCN1CCCC[C@H]1c1cnc(Cl)cc1C. The summed E-state index contributed by atoms with van der Waals surface area (Å²) in [5, 5.41) is 0.604. The number of aryl methyl sites for hydroxylation is 1. The topological polar surface area (TPSA) is 16.1 Å². The van der Waals surface area contributed by atoms with Gasteiger partial charge in [0.05, 0.1) is 0 Å². The van der Waals surface area contributed by atoms with Crippen LogP contribution in [0.3, 0.4) is 0 Å². The quantitative estimate of drug-likeness (QED) is 0.753. The van der Waals surface area contributed by atoms with Crippen molar-refractivity contribution in [1.82, 2.24) is 9.88 Å². The summed E-state index contributed by atoms with van der Waals surface area (Å²) >= 11 is 5.95. The van der Waals surface area contributed by atoms with Gasteiger partial charge in [-0.1, -0.05) is 31.4 Å². The molecule has 0 aromatic carbocycles. The lowest BCUT2D eigenvalue weighted by atomic mass is 9.93. The smallest absolute Gasteiger partial charge is 0.129 e. The Bertz CT molecular complexity index is 392. The zero-order chi connectivity index (χ0) is 13.0. The molecule has 100 valence electrons. The Hall–Kier alpha value is -0.600. The third kappa shape index (κ3) is 3.24. The molecular formula is C15H23ClN2. The molecule has 3 heteroatoms. The van der Waals surface area contributed by atoms with Gasteiger partial charge in [-0.15, -0.1) is 0 Å². The van der Waals surface area contributed by atoms with Crippen molar-refractivity contribution in [2.45, 2.75) is 52.0 Å². The number of pyridine rings is 1. The van der Waals surface area contributed by atoms with Crippen LogP contribution < -0.4 is 0 Å². The number of aromatic nitrogens is 1. The van der Waals surface area contributed by atoms with Crippen LogP contribution in [0.1, 0.15) is 56.2 Å². The van der Waals surface area contributed by atoms with Crippen molar-refractivity contribution >= 4 is 11.6 Å². The van der Waals surface area contributed by atoms with E-state index in [0.29, 0.717) is 11.2 Å². The van der Waals surface area contributed by atoms with Crippen molar-refractivity contribution in [3.63, 3.8) is 0 Å². The van der Waals surface area contributed by atoms with Crippen molar-refractivity contribution in [3.05, 3.63) is 28.5 Å². The maximum Gasteiger partial charge on any atom is 0.129 e. The largest absolute Gasteiger partial charge is 0.296 e. The molecule has 0 spiro atoms. The van der Waals surface area contributed by atoms with Crippen LogP contribution in [0.2, 0.25) is 5.15 Å². The van der Waals surface area contributed by atoms with E-state index in [1.807, 2.05) is 12.3 Å². The van der Waals surface area contributed by atoms with Crippen LogP contribution in [0.25, 0.3) is 0 Å². The van der Waals surface area contributed by atoms with Gasteiger partial charge in [0.1, 0.15) is 5.15 Å². The molecule has 1 fully saturated rings. The molecule has 1 aliphatic heterocycles. The van der Waals surface area contributed by atoms with E-state index >= 15 is 0 Å². The number of nitrogens with zero attached hydrogens (tertiary/aromatic N) is 2. The van der Waals surface area contributed by atoms with Crippen LogP contribution >= 0.6 is 11.6 Å². The number of likely N-dealkylation sites (tertiary alicyclic amines) is 1. The van der Waals surface area contributed by atoms with E-state index in [-0.39, 0.29) is 0 Å². The van der Waals surface area contributed by atoms with Gasteiger partial charge < -0.3 is 0 Å². The lowest BCUT2D eigenvalue weighted by molar-refractivity contribution is 0.146. The zero-order valence-corrected chi connectivity index (χ0v) is 12.2. The zero-order valence-electron chi connectivity index (χ0n) is 11.5. The molecule has 18 heavy (non-hydrogen) atoms. The molecule has 0 bridgehead atoms. The average Bonchev–Trinajstić information content (AvgIpc) is 2.37. The van der Waals surface area contributed by atoms with E-state index in [4.69, 9.17) is 11.6 Å². The number of halogens is 1. The van der Waals surface area contributed by atoms with E-state index in [9.17, 15) is 0 Å². The van der Waals surface area contributed by atoms with Crippen LogP contribution in [-0.4, -0.2) is 23.0 Å². The first-order valence-corrected chi connectivity index (χ1v) is 7.46. The fourth-order valence-electron chi connectivity index (χ4n) is 2.85. The van der Waals surface area contributed by atoms with E-state index < -0.39 is 0 Å². The second-order valence-electron chi connectivity index (χ2n) is 5.26. The highest BCUT2D eigenvalue weighted by Crippen LogP contribution is 2.33. The maximum absolute atomic E-state index is 5.95. The summed E-state index contributed by atoms with van der Waals surface area (Å²) < 4.78 is 0. The highest BCUT2D eigenvalue weighted by atomic mass is 35.5. The predicted molar refractivity (Wildman–Crippen MR) is 77.1 cm³/mol. The van der Waals surface area contributed by atoms with Gasteiger partial charge in [0.25, 0.3) is 0 Å². The molecule has 0 amide bonds. The van der Waals surface area contributed by atoms with E-state index in [1.165, 1.54) is 56.3 Å². The number of rotatable bonds is 4. The lowest BCUT2D eigenvalue weighted by Gasteiger charge is -2.36. The summed E-state index contributed by atoms with van der Waals surface area (Å²) in [7, 11) is 0. The summed E-state index contributed by atoms with van der Waals surface area (Å²) in [4.78, 5) is 6.90. The molecule has 1 atom stereocenters. The molecule has 1 aromatic rings. The van der Waals surface area contributed by atoms with Gasteiger partial charge in [-0.05, 0) is 56.5 Å². The standard InChI is InChI=1S/C15H23ClN2/c1-3-4-8-18-9-6-5-7-14(18)13-11-17-15(16)10-12(13)2/h10-11,14H,3-9H2,1-2H3/t14-/m0/s1. The van der Waals surface area contributed by atoms with Gasteiger partial charge >= 0.3 is 0 Å². The third-order valence-corrected chi connectivity index (χ3v) is 4.10. The summed E-state index contributed by atoms with van der Waals surface area (Å²) in [5.41, 5.74) is 2.65. The first-order valence-electron chi connectivity index (χ1n) is 7.08. The molecular weight excluding hydrogens is 244 g/mol. The van der Waals surface area contributed by atoms with Gasteiger partial charge in [-0.25, -0.2) is 4.98 Å². The number of unbranched alkanes of at least 4 members (excludes halogenated alkanes) is 1. The monoisotopic (exact) mass is 266 g/mol. The second-order valence-corrected chi connectivity index (χ2v) is 5.65. The van der Waals surface area contributed by atoms with Gasteiger partial charge in [0.2, 0.25) is 0 Å². The molecule has 2 heterocycles. The van der Waals surface area contributed by atoms with Gasteiger partial charge in [0, 0.05) is 12.2 Å². The number of piperidine rings is 1. The highest BCUT2D eigenvalue weighted by molar-refractivity contribution is 6.29. The molecule has 2 rings (SSSR count). The Morgan fingerprint density at radius 3 is 3.00 bits per heavy atom. The highest BCUT2D eigenvalue weighted by Gasteiger charge is 2.24. The first kappa shape index (κ1) is 13.8. The molecule has 0 unspecified atom stereocenters. The van der Waals surface area contributed by atoms with E-state index in [2.05, 4.69) is 23.7 Å². The van der Waals surface area contributed by atoms with E-state index in [0.717, 1.165) is 0 Å². The van der Waals surface area contributed by atoms with Crippen LogP contribution in [0, 0.1) is 6.92 Å². The Kier molecular flexibility index (Phi) is 5.02. The Morgan fingerprint density at radius 1 is 1.44 bits per heavy atom. The third-order valence-electron chi connectivity index (χ3n) is 3.89. The van der Waals surface area contributed by atoms with Crippen molar-refractivity contribution in [2.75, 3.05) is 13.1 Å². The van der Waals surface area contributed by atoms with Crippen LogP contribution in [-0.2, 0) is 0 Å². The van der Waals surface area contributed by atoms with Gasteiger partial charge in [0.15, 0.2) is 0 Å². The summed E-state index contributed by atoms with van der Waals surface area (Å²) in [6, 6.07) is 2.54. The molecule has 1 aromatic heterocycles. The molecule has 0 radical (unpaired) electrons. The minimum Gasteiger partial charge on any atom is -0.296 e. The molecule has 0 saturated carbocycles. The number of hydrogen-bond acceptors (Lipinski definition) is 2. The van der Waals surface area contributed by atoms with Crippen molar-refractivity contribution in [3.8, 4) is 0 Å². The minimum atomic E-state index is 0.551. The molecule has 2 nitrogen and oxygen atoms in total. The number of hydrogen-bond donors (Lipinski definition) is 0. The van der Waals surface area contributed by atoms with Crippen molar-refractivity contribution < 1.29 is 0 Å². The van der Waals surface area contributed by atoms with Gasteiger partial charge in [-0.2, -0.15) is 0 Å². The Balaban J connectivity index is 2.16. The molecule has 0 aliphatic carbocycles.